The predicted octanol–water partition coefficient (Wildman–Crippen LogP) is 5.35. The SMILES string of the molecule is O=C(NCc1cccnc1)Nc1ccc(COc2cc(O)ccc2-c2ccccc2)cc1. The molecule has 0 spiro atoms. The van der Waals surface area contributed by atoms with Gasteiger partial charge in [-0.2, -0.15) is 0 Å². The van der Waals surface area contributed by atoms with E-state index in [0.29, 0.717) is 24.6 Å². The Morgan fingerprint density at radius 1 is 0.906 bits per heavy atom. The first kappa shape index (κ1) is 20.9. The molecule has 0 radical (unpaired) electrons. The molecule has 0 bridgehead atoms. The van der Waals surface area contributed by atoms with Crippen LogP contribution in [0.3, 0.4) is 0 Å². The first-order valence-electron chi connectivity index (χ1n) is 10.2. The number of rotatable bonds is 7. The number of phenolic OH excluding ortho intramolecular Hbond substituents is 1. The van der Waals surface area contributed by atoms with Crippen LogP contribution in [0.2, 0.25) is 0 Å². The van der Waals surface area contributed by atoms with Crippen LogP contribution in [-0.4, -0.2) is 16.1 Å². The highest BCUT2D eigenvalue weighted by atomic mass is 16.5. The van der Waals surface area contributed by atoms with Crippen LogP contribution >= 0.6 is 0 Å². The maximum absolute atomic E-state index is 12.1. The third kappa shape index (κ3) is 5.64. The van der Waals surface area contributed by atoms with Crippen LogP contribution in [0.4, 0.5) is 10.5 Å². The quantitative estimate of drug-likeness (QED) is 0.372. The molecular formula is C26H23N3O3. The van der Waals surface area contributed by atoms with E-state index in [1.807, 2.05) is 72.8 Å². The molecule has 32 heavy (non-hydrogen) atoms. The van der Waals surface area contributed by atoms with E-state index < -0.39 is 0 Å². The van der Waals surface area contributed by atoms with Crippen molar-refractivity contribution in [2.45, 2.75) is 13.2 Å². The van der Waals surface area contributed by atoms with E-state index >= 15 is 0 Å². The Morgan fingerprint density at radius 3 is 2.47 bits per heavy atom. The van der Waals surface area contributed by atoms with Gasteiger partial charge in [-0.3, -0.25) is 4.98 Å². The first-order chi connectivity index (χ1) is 15.7. The number of urea groups is 1. The van der Waals surface area contributed by atoms with Gasteiger partial charge in [-0.1, -0.05) is 48.5 Å². The van der Waals surface area contributed by atoms with Crippen molar-refractivity contribution < 1.29 is 14.6 Å². The highest BCUT2D eigenvalue weighted by Crippen LogP contribution is 2.33. The summed E-state index contributed by atoms with van der Waals surface area (Å²) in [5.41, 5.74) is 4.47. The van der Waals surface area contributed by atoms with E-state index in [9.17, 15) is 9.90 Å². The molecule has 1 aromatic heterocycles. The van der Waals surface area contributed by atoms with Crippen LogP contribution in [0.25, 0.3) is 11.1 Å². The minimum absolute atomic E-state index is 0.150. The third-order valence-corrected chi connectivity index (χ3v) is 4.83. The number of hydrogen-bond acceptors (Lipinski definition) is 4. The van der Waals surface area contributed by atoms with Crippen molar-refractivity contribution in [3.8, 4) is 22.6 Å². The van der Waals surface area contributed by atoms with Gasteiger partial charge in [0.15, 0.2) is 0 Å². The first-order valence-corrected chi connectivity index (χ1v) is 10.2. The Bertz CT molecular complexity index is 1160. The molecule has 0 unspecified atom stereocenters. The number of aromatic hydroxyl groups is 1. The smallest absolute Gasteiger partial charge is 0.319 e. The third-order valence-electron chi connectivity index (χ3n) is 4.83. The molecule has 4 aromatic rings. The molecule has 6 heteroatoms. The lowest BCUT2D eigenvalue weighted by Crippen LogP contribution is -2.28. The van der Waals surface area contributed by atoms with Gasteiger partial charge in [0.05, 0.1) is 0 Å². The number of hydrogen-bond donors (Lipinski definition) is 3. The van der Waals surface area contributed by atoms with E-state index in [-0.39, 0.29) is 11.8 Å². The lowest BCUT2D eigenvalue weighted by Gasteiger charge is -2.13. The van der Waals surface area contributed by atoms with Crippen LogP contribution in [-0.2, 0) is 13.2 Å². The summed E-state index contributed by atoms with van der Waals surface area (Å²) in [6, 6.07) is 25.9. The highest BCUT2D eigenvalue weighted by molar-refractivity contribution is 5.89. The average Bonchev–Trinajstić information content (AvgIpc) is 2.84. The molecule has 0 aliphatic heterocycles. The van der Waals surface area contributed by atoms with E-state index in [1.165, 1.54) is 0 Å². The maximum Gasteiger partial charge on any atom is 0.319 e. The summed E-state index contributed by atoms with van der Waals surface area (Å²) in [6.07, 6.45) is 3.41. The maximum atomic E-state index is 12.1. The van der Waals surface area contributed by atoms with Crippen LogP contribution in [0.15, 0.2) is 97.3 Å². The highest BCUT2D eigenvalue weighted by Gasteiger charge is 2.08. The average molecular weight is 425 g/mol. The standard InChI is InChI=1S/C26H23N3O3/c30-23-12-13-24(21-6-2-1-3-7-21)25(15-23)32-18-19-8-10-22(11-9-19)29-26(31)28-17-20-5-4-14-27-16-20/h1-16,30H,17-18H2,(H2,28,29,31). The molecule has 0 aliphatic rings. The second-order valence-electron chi connectivity index (χ2n) is 7.20. The zero-order valence-electron chi connectivity index (χ0n) is 17.4. The number of ether oxygens (including phenoxy) is 1. The Labute approximate surface area is 186 Å². The lowest BCUT2D eigenvalue weighted by atomic mass is 10.0. The summed E-state index contributed by atoms with van der Waals surface area (Å²) in [4.78, 5) is 16.1. The molecule has 4 rings (SSSR count). The normalized spacial score (nSPS) is 10.4. The Kier molecular flexibility index (Phi) is 6.63. The topological polar surface area (TPSA) is 83.5 Å². The van der Waals surface area contributed by atoms with Crippen LogP contribution in [0, 0.1) is 0 Å². The number of benzene rings is 3. The molecule has 2 amide bonds. The number of carbonyl (C=O) groups is 1. The molecular weight excluding hydrogens is 402 g/mol. The summed E-state index contributed by atoms with van der Waals surface area (Å²) in [6.45, 7) is 0.732. The Balaban J connectivity index is 1.34. The molecule has 3 aromatic carbocycles. The fourth-order valence-electron chi connectivity index (χ4n) is 3.19. The minimum atomic E-state index is -0.287. The van der Waals surface area contributed by atoms with Gasteiger partial charge in [0.1, 0.15) is 18.1 Å². The Morgan fingerprint density at radius 2 is 1.72 bits per heavy atom. The van der Waals surface area contributed by atoms with Gasteiger partial charge in [-0.25, -0.2) is 4.79 Å². The van der Waals surface area contributed by atoms with Crippen molar-refractivity contribution in [3.63, 3.8) is 0 Å². The van der Waals surface area contributed by atoms with Crippen molar-refractivity contribution in [1.82, 2.24) is 10.3 Å². The van der Waals surface area contributed by atoms with Gasteiger partial charge in [0, 0.05) is 36.3 Å². The summed E-state index contributed by atoms with van der Waals surface area (Å²) < 4.78 is 6.00. The van der Waals surface area contributed by atoms with Crippen LogP contribution in [0.5, 0.6) is 11.5 Å². The number of nitrogens with zero attached hydrogens (tertiary/aromatic N) is 1. The van der Waals surface area contributed by atoms with E-state index in [4.69, 9.17) is 4.74 Å². The number of pyridine rings is 1. The fourth-order valence-corrected chi connectivity index (χ4v) is 3.19. The van der Waals surface area contributed by atoms with Crippen molar-refractivity contribution in [1.29, 1.82) is 0 Å². The van der Waals surface area contributed by atoms with E-state index in [1.54, 1.807) is 24.5 Å². The summed E-state index contributed by atoms with van der Waals surface area (Å²) in [5.74, 6) is 0.754. The number of phenols is 1. The second kappa shape index (κ2) is 10.1. The monoisotopic (exact) mass is 425 g/mol. The van der Waals surface area contributed by atoms with E-state index in [2.05, 4.69) is 15.6 Å². The zero-order valence-corrected chi connectivity index (χ0v) is 17.4. The zero-order chi connectivity index (χ0) is 22.2. The molecule has 0 atom stereocenters. The molecule has 0 aliphatic carbocycles. The summed E-state index contributed by atoms with van der Waals surface area (Å²) >= 11 is 0. The molecule has 160 valence electrons. The number of nitrogens with one attached hydrogen (secondary N) is 2. The van der Waals surface area contributed by atoms with Crippen molar-refractivity contribution in [3.05, 3.63) is 108 Å². The molecule has 0 saturated carbocycles. The van der Waals surface area contributed by atoms with Gasteiger partial charge in [-0.05, 0) is 47.0 Å². The number of carbonyl (C=O) groups excluding carboxylic acids is 1. The predicted molar refractivity (Wildman–Crippen MR) is 124 cm³/mol. The van der Waals surface area contributed by atoms with Gasteiger partial charge in [0.2, 0.25) is 0 Å². The largest absolute Gasteiger partial charge is 0.508 e. The van der Waals surface area contributed by atoms with Gasteiger partial charge in [0.25, 0.3) is 0 Å². The van der Waals surface area contributed by atoms with Gasteiger partial charge >= 0.3 is 6.03 Å². The molecule has 6 nitrogen and oxygen atoms in total. The van der Waals surface area contributed by atoms with Crippen molar-refractivity contribution in [2.75, 3.05) is 5.32 Å². The van der Waals surface area contributed by atoms with Crippen LogP contribution in [0.1, 0.15) is 11.1 Å². The Hall–Kier alpha value is -4.32. The van der Waals surface area contributed by atoms with Gasteiger partial charge < -0.3 is 20.5 Å². The fraction of sp³-hybridized carbons (Fsp3) is 0.0769. The number of amides is 2. The summed E-state index contributed by atoms with van der Waals surface area (Å²) in [7, 11) is 0. The molecule has 3 N–H and O–H groups in total. The summed E-state index contributed by atoms with van der Waals surface area (Å²) in [5, 5.41) is 15.5. The van der Waals surface area contributed by atoms with Crippen LogP contribution < -0.4 is 15.4 Å². The molecule has 0 fully saturated rings. The second-order valence-corrected chi connectivity index (χ2v) is 7.20. The van der Waals surface area contributed by atoms with Crippen molar-refractivity contribution in [2.24, 2.45) is 0 Å². The number of aromatic nitrogens is 1. The van der Waals surface area contributed by atoms with E-state index in [0.717, 1.165) is 22.3 Å². The van der Waals surface area contributed by atoms with Gasteiger partial charge in [-0.15, -0.1) is 0 Å². The lowest BCUT2D eigenvalue weighted by molar-refractivity contribution is 0.251. The molecule has 0 saturated heterocycles. The molecule has 1 heterocycles. The van der Waals surface area contributed by atoms with Crippen molar-refractivity contribution >= 4 is 11.7 Å². The minimum Gasteiger partial charge on any atom is -0.508 e. The number of anilines is 1.